The summed E-state index contributed by atoms with van der Waals surface area (Å²) in [5.41, 5.74) is 3.16. The first-order valence-corrected chi connectivity index (χ1v) is 11.4. The molecule has 6 nitrogen and oxygen atoms in total. The second-order valence-corrected chi connectivity index (χ2v) is 8.42. The number of hydrogen-bond donors (Lipinski definition) is 1. The number of carbonyl (C=O) groups excluding carboxylic acids is 2. The molecular formula is C26H34N2O4. The molecule has 0 fully saturated rings. The van der Waals surface area contributed by atoms with Crippen molar-refractivity contribution in [3.63, 3.8) is 0 Å². The first-order valence-electron chi connectivity index (χ1n) is 11.4. The molecule has 1 aliphatic rings. The van der Waals surface area contributed by atoms with Crippen LogP contribution in [0, 0.1) is 6.92 Å². The van der Waals surface area contributed by atoms with Crippen LogP contribution in [0.4, 0.5) is 0 Å². The zero-order valence-corrected chi connectivity index (χ0v) is 19.5. The van der Waals surface area contributed by atoms with Gasteiger partial charge in [0.25, 0.3) is 0 Å². The third-order valence-electron chi connectivity index (χ3n) is 6.00. The van der Waals surface area contributed by atoms with E-state index in [4.69, 9.17) is 9.47 Å². The molecule has 2 aromatic rings. The summed E-state index contributed by atoms with van der Waals surface area (Å²) in [6, 6.07) is 13.3. The van der Waals surface area contributed by atoms with Crippen LogP contribution in [0.3, 0.4) is 0 Å². The van der Waals surface area contributed by atoms with Crippen LogP contribution in [0.2, 0.25) is 0 Å². The van der Waals surface area contributed by atoms with Gasteiger partial charge >= 0.3 is 0 Å². The van der Waals surface area contributed by atoms with Crippen LogP contribution >= 0.6 is 0 Å². The molecule has 0 aliphatic carbocycles. The van der Waals surface area contributed by atoms with E-state index < -0.39 is 6.04 Å². The minimum absolute atomic E-state index is 0.0463. The maximum absolute atomic E-state index is 13.3. The number of carbonyl (C=O) groups is 2. The predicted octanol–water partition coefficient (Wildman–Crippen LogP) is 4.03. The molecule has 0 saturated carbocycles. The average molecular weight is 439 g/mol. The van der Waals surface area contributed by atoms with Crippen LogP contribution in [0.5, 0.6) is 11.5 Å². The number of benzene rings is 2. The molecule has 6 heteroatoms. The van der Waals surface area contributed by atoms with Gasteiger partial charge in [-0.2, -0.15) is 0 Å². The van der Waals surface area contributed by atoms with Gasteiger partial charge in [0.15, 0.2) is 11.5 Å². The molecule has 0 aromatic heterocycles. The van der Waals surface area contributed by atoms with Crippen molar-refractivity contribution in [3.8, 4) is 11.5 Å². The molecule has 2 amide bonds. The third-order valence-corrected chi connectivity index (χ3v) is 6.00. The quantitative estimate of drug-likeness (QED) is 0.642. The molecule has 172 valence electrons. The zero-order chi connectivity index (χ0) is 23.1. The largest absolute Gasteiger partial charge is 0.486 e. The summed E-state index contributed by atoms with van der Waals surface area (Å²) in [4.78, 5) is 27.8. The molecule has 0 bridgehead atoms. The molecular weight excluding hydrogens is 404 g/mol. The second-order valence-electron chi connectivity index (χ2n) is 8.42. The van der Waals surface area contributed by atoms with E-state index in [9.17, 15) is 9.59 Å². The molecule has 1 aliphatic heterocycles. The lowest BCUT2D eigenvalue weighted by Gasteiger charge is -2.30. The van der Waals surface area contributed by atoms with Gasteiger partial charge in [0.1, 0.15) is 19.3 Å². The van der Waals surface area contributed by atoms with Gasteiger partial charge in [0, 0.05) is 19.0 Å². The number of rotatable bonds is 9. The summed E-state index contributed by atoms with van der Waals surface area (Å²) in [6.07, 6.45) is 1.72. The molecule has 1 N–H and O–H groups in total. The van der Waals surface area contributed by atoms with Crippen molar-refractivity contribution < 1.29 is 19.1 Å². The van der Waals surface area contributed by atoms with Gasteiger partial charge in [-0.05, 0) is 62.4 Å². The topological polar surface area (TPSA) is 67.9 Å². The minimum Gasteiger partial charge on any atom is -0.486 e. The first-order chi connectivity index (χ1) is 15.4. The summed E-state index contributed by atoms with van der Waals surface area (Å²) < 4.78 is 11.2. The Labute approximate surface area is 190 Å². The van der Waals surface area contributed by atoms with Crippen LogP contribution in [0.1, 0.15) is 50.3 Å². The monoisotopic (exact) mass is 438 g/mol. The fourth-order valence-electron chi connectivity index (χ4n) is 3.66. The first kappa shape index (κ1) is 23.6. The van der Waals surface area contributed by atoms with Gasteiger partial charge in [-0.3, -0.25) is 9.59 Å². The summed E-state index contributed by atoms with van der Waals surface area (Å²) in [7, 11) is 0. The Kier molecular flexibility index (Phi) is 8.14. The van der Waals surface area contributed by atoms with E-state index in [-0.39, 0.29) is 17.9 Å². The minimum atomic E-state index is -0.559. The molecule has 0 radical (unpaired) electrons. The van der Waals surface area contributed by atoms with Gasteiger partial charge in [-0.25, -0.2) is 0 Å². The second kappa shape index (κ2) is 11.0. The number of hydrogen-bond acceptors (Lipinski definition) is 4. The Morgan fingerprint density at radius 2 is 1.78 bits per heavy atom. The van der Waals surface area contributed by atoms with Crippen LogP contribution < -0.4 is 14.8 Å². The molecule has 0 spiro atoms. The molecule has 0 saturated heterocycles. The van der Waals surface area contributed by atoms with E-state index in [1.165, 1.54) is 0 Å². The molecule has 0 unspecified atom stereocenters. The fourth-order valence-corrected chi connectivity index (χ4v) is 3.66. The maximum Gasteiger partial charge on any atom is 0.242 e. The summed E-state index contributed by atoms with van der Waals surface area (Å²) in [5, 5.41) is 3.01. The van der Waals surface area contributed by atoms with Gasteiger partial charge in [-0.15, -0.1) is 0 Å². The fraction of sp³-hybridized carbons (Fsp3) is 0.462. The highest BCUT2D eigenvalue weighted by Crippen LogP contribution is 2.31. The smallest absolute Gasteiger partial charge is 0.242 e. The van der Waals surface area contributed by atoms with Crippen LogP contribution in [0.25, 0.3) is 0 Å². The van der Waals surface area contributed by atoms with E-state index in [0.717, 1.165) is 34.6 Å². The van der Waals surface area contributed by atoms with Gasteiger partial charge in [0.2, 0.25) is 11.8 Å². The zero-order valence-electron chi connectivity index (χ0n) is 19.5. The molecule has 3 rings (SSSR count). The standard InChI is InChI=1S/C26H34N2O4/c1-5-19(3)27-26(30)20(4)28(17-22-9-7-6-8-18(22)2)25(29)13-11-21-10-12-23-24(16-21)32-15-14-31-23/h6-10,12,16,19-20H,5,11,13-15,17H2,1-4H3,(H,27,30)/t19-,20+/m0/s1. The van der Waals surface area contributed by atoms with Crippen LogP contribution in [-0.2, 0) is 22.6 Å². The van der Waals surface area contributed by atoms with Gasteiger partial charge < -0.3 is 19.7 Å². The van der Waals surface area contributed by atoms with Crippen molar-refractivity contribution in [2.24, 2.45) is 0 Å². The maximum atomic E-state index is 13.3. The van der Waals surface area contributed by atoms with E-state index >= 15 is 0 Å². The number of nitrogens with one attached hydrogen (secondary N) is 1. The third kappa shape index (κ3) is 6.02. The van der Waals surface area contributed by atoms with E-state index in [0.29, 0.717) is 32.6 Å². The van der Waals surface area contributed by atoms with Gasteiger partial charge in [-0.1, -0.05) is 37.3 Å². The summed E-state index contributed by atoms with van der Waals surface area (Å²) in [5.74, 6) is 1.29. The van der Waals surface area contributed by atoms with Crippen LogP contribution in [-0.4, -0.2) is 42.0 Å². The van der Waals surface area contributed by atoms with Crippen molar-refractivity contribution in [3.05, 3.63) is 59.2 Å². The highest BCUT2D eigenvalue weighted by Gasteiger charge is 2.27. The van der Waals surface area contributed by atoms with E-state index in [1.807, 2.05) is 63.2 Å². The Morgan fingerprint density at radius 1 is 1.06 bits per heavy atom. The van der Waals surface area contributed by atoms with E-state index in [1.54, 1.807) is 11.8 Å². The summed E-state index contributed by atoms with van der Waals surface area (Å²) in [6.45, 7) is 9.31. The number of aryl methyl sites for hydroxylation is 2. The SMILES string of the molecule is CC[C@H](C)NC(=O)[C@@H](C)N(Cc1ccccc1C)C(=O)CCc1ccc2c(c1)OCCO2. The number of amides is 2. The van der Waals surface area contributed by atoms with Crippen molar-refractivity contribution in [1.29, 1.82) is 0 Å². The number of fused-ring (bicyclic) bond motifs is 1. The number of ether oxygens (including phenoxy) is 2. The number of nitrogens with zero attached hydrogens (tertiary/aromatic N) is 1. The normalized spacial score (nSPS) is 14.4. The lowest BCUT2D eigenvalue weighted by atomic mass is 10.0. The van der Waals surface area contributed by atoms with Crippen molar-refractivity contribution >= 4 is 11.8 Å². The molecule has 2 aromatic carbocycles. The molecule has 32 heavy (non-hydrogen) atoms. The van der Waals surface area contributed by atoms with Gasteiger partial charge in [0.05, 0.1) is 0 Å². The Bertz CT molecular complexity index is 943. The van der Waals surface area contributed by atoms with Crippen molar-refractivity contribution in [1.82, 2.24) is 10.2 Å². The highest BCUT2D eigenvalue weighted by molar-refractivity contribution is 5.87. The Morgan fingerprint density at radius 3 is 2.50 bits per heavy atom. The van der Waals surface area contributed by atoms with Crippen molar-refractivity contribution in [2.75, 3.05) is 13.2 Å². The Hall–Kier alpha value is -3.02. The lowest BCUT2D eigenvalue weighted by Crippen LogP contribution is -2.49. The Balaban J connectivity index is 1.73. The molecule has 1 heterocycles. The van der Waals surface area contributed by atoms with E-state index in [2.05, 4.69) is 5.32 Å². The molecule has 2 atom stereocenters. The van der Waals surface area contributed by atoms with Crippen molar-refractivity contribution in [2.45, 2.75) is 65.6 Å². The average Bonchev–Trinajstić information content (AvgIpc) is 2.81. The van der Waals surface area contributed by atoms with Crippen LogP contribution in [0.15, 0.2) is 42.5 Å². The lowest BCUT2D eigenvalue weighted by molar-refractivity contribution is -0.140. The summed E-state index contributed by atoms with van der Waals surface area (Å²) >= 11 is 0. The highest BCUT2D eigenvalue weighted by atomic mass is 16.6. The predicted molar refractivity (Wildman–Crippen MR) is 125 cm³/mol.